The van der Waals surface area contributed by atoms with Gasteiger partial charge in [-0.05, 0) is 6.92 Å². The predicted octanol–water partition coefficient (Wildman–Crippen LogP) is 0.758. The highest BCUT2D eigenvalue weighted by atomic mass is 15.3. The Labute approximate surface area is 43.9 Å². The Hall–Kier alpha value is -0.920. The molecule has 2 nitrogen and oxygen atoms in total. The summed E-state index contributed by atoms with van der Waals surface area (Å²) >= 11 is 0. The minimum absolute atomic E-state index is 1.57. The molecule has 0 unspecified atom stereocenters. The van der Waals surface area contributed by atoms with Gasteiger partial charge < -0.3 is 10.9 Å². The number of nitrogens with one attached hydrogen (secondary N) is 2. The molecule has 0 aromatic heterocycles. The van der Waals surface area contributed by atoms with Gasteiger partial charge in [0.25, 0.3) is 0 Å². The van der Waals surface area contributed by atoms with Gasteiger partial charge in [0.1, 0.15) is 0 Å². The third-order valence-electron chi connectivity index (χ3n) is 0.435. The molecule has 0 aliphatic carbocycles. The van der Waals surface area contributed by atoms with Crippen molar-refractivity contribution in [2.75, 3.05) is 0 Å². The van der Waals surface area contributed by atoms with Crippen LogP contribution >= 0.6 is 0 Å². The van der Waals surface area contributed by atoms with E-state index in [2.05, 4.69) is 17.4 Å². The van der Waals surface area contributed by atoms with E-state index in [1.807, 2.05) is 13.0 Å². The van der Waals surface area contributed by atoms with Gasteiger partial charge >= 0.3 is 0 Å². The van der Waals surface area contributed by atoms with Crippen molar-refractivity contribution in [3.8, 4) is 0 Å². The zero-order chi connectivity index (χ0) is 5.54. The number of hydrogen-bond donors (Lipinski definition) is 2. The van der Waals surface area contributed by atoms with E-state index in [0.29, 0.717) is 0 Å². The van der Waals surface area contributed by atoms with Crippen molar-refractivity contribution in [1.82, 2.24) is 10.9 Å². The van der Waals surface area contributed by atoms with Gasteiger partial charge in [0.15, 0.2) is 0 Å². The smallest absolute Gasteiger partial charge is 0.0135 e. The molecule has 0 aromatic rings. The van der Waals surface area contributed by atoms with E-state index in [0.717, 1.165) is 0 Å². The van der Waals surface area contributed by atoms with Crippen LogP contribution in [0.15, 0.2) is 25.1 Å². The average Bonchev–Trinajstić information content (AvgIpc) is 1.69. The average molecular weight is 98.1 g/mol. The first-order valence-corrected chi connectivity index (χ1v) is 2.15. The summed E-state index contributed by atoms with van der Waals surface area (Å²) < 4.78 is 0. The molecular formula is C5H10N2. The minimum atomic E-state index is 1.57. The third kappa shape index (κ3) is 5.08. The van der Waals surface area contributed by atoms with E-state index >= 15 is 0 Å². The zero-order valence-electron chi connectivity index (χ0n) is 4.44. The van der Waals surface area contributed by atoms with Crippen LogP contribution in [0.4, 0.5) is 0 Å². The third-order valence-corrected chi connectivity index (χ3v) is 0.435. The molecule has 40 valence electrons. The second kappa shape index (κ2) is 5.08. The molecule has 0 atom stereocenters. The molecule has 0 heterocycles. The second-order valence-electron chi connectivity index (χ2n) is 0.993. The summed E-state index contributed by atoms with van der Waals surface area (Å²) in [5.74, 6) is 0. The fourth-order valence-electron chi connectivity index (χ4n) is 0.190. The summed E-state index contributed by atoms with van der Waals surface area (Å²) in [5.41, 5.74) is 5.41. The van der Waals surface area contributed by atoms with Crippen molar-refractivity contribution in [3.05, 3.63) is 25.1 Å². The SMILES string of the molecule is C=CNN/C=C\C. The highest BCUT2D eigenvalue weighted by molar-refractivity contribution is 4.73. The van der Waals surface area contributed by atoms with Gasteiger partial charge in [0, 0.05) is 12.4 Å². The number of hydrazine groups is 1. The summed E-state index contributed by atoms with van der Waals surface area (Å²) in [6.45, 7) is 5.35. The molecule has 0 bridgehead atoms. The van der Waals surface area contributed by atoms with Crippen LogP contribution in [0, 0.1) is 0 Å². The molecule has 0 amide bonds. The number of allylic oxidation sites excluding steroid dienone is 1. The van der Waals surface area contributed by atoms with E-state index < -0.39 is 0 Å². The van der Waals surface area contributed by atoms with E-state index in [9.17, 15) is 0 Å². The fraction of sp³-hybridized carbons (Fsp3) is 0.200. The molecule has 0 spiro atoms. The molecule has 0 aliphatic heterocycles. The Morgan fingerprint density at radius 2 is 2.14 bits per heavy atom. The lowest BCUT2D eigenvalue weighted by Crippen LogP contribution is -2.18. The molecule has 7 heavy (non-hydrogen) atoms. The largest absolute Gasteiger partial charge is 0.309 e. The molecule has 0 radical (unpaired) electrons. The van der Waals surface area contributed by atoms with Crippen molar-refractivity contribution < 1.29 is 0 Å². The second-order valence-corrected chi connectivity index (χ2v) is 0.993. The maximum atomic E-state index is 3.42. The standard InChI is InChI=1S/C5H10N2/c1-3-5-7-6-4-2/h3-7H,2H2,1H3/b5-3-. The predicted molar refractivity (Wildman–Crippen MR) is 31.3 cm³/mol. The minimum Gasteiger partial charge on any atom is -0.309 e. The Balaban J connectivity index is 2.82. The van der Waals surface area contributed by atoms with Gasteiger partial charge in [-0.3, -0.25) is 0 Å². The van der Waals surface area contributed by atoms with Crippen LogP contribution in [0.5, 0.6) is 0 Å². The summed E-state index contributed by atoms with van der Waals surface area (Å²) in [6.07, 6.45) is 5.23. The van der Waals surface area contributed by atoms with Crippen LogP contribution in [0.2, 0.25) is 0 Å². The fourth-order valence-corrected chi connectivity index (χ4v) is 0.190. The maximum Gasteiger partial charge on any atom is 0.0135 e. The lowest BCUT2D eigenvalue weighted by molar-refractivity contribution is 0.778. The van der Waals surface area contributed by atoms with Gasteiger partial charge in [-0.15, -0.1) is 0 Å². The molecule has 0 fully saturated rings. The van der Waals surface area contributed by atoms with Crippen LogP contribution in [-0.4, -0.2) is 0 Å². The van der Waals surface area contributed by atoms with Crippen LogP contribution < -0.4 is 10.9 Å². The normalized spacial score (nSPS) is 8.71. The van der Waals surface area contributed by atoms with Crippen molar-refractivity contribution in [2.45, 2.75) is 6.92 Å². The number of hydrogen-bond acceptors (Lipinski definition) is 2. The quantitative estimate of drug-likeness (QED) is 0.402. The van der Waals surface area contributed by atoms with Crippen LogP contribution in [0.3, 0.4) is 0 Å². The highest BCUT2D eigenvalue weighted by Gasteiger charge is 1.57. The van der Waals surface area contributed by atoms with Crippen LogP contribution in [-0.2, 0) is 0 Å². The topological polar surface area (TPSA) is 24.1 Å². The molecular weight excluding hydrogens is 88.1 g/mol. The highest BCUT2D eigenvalue weighted by Crippen LogP contribution is 1.56. The summed E-state index contributed by atoms with van der Waals surface area (Å²) in [5, 5.41) is 0. The van der Waals surface area contributed by atoms with E-state index in [4.69, 9.17) is 0 Å². The van der Waals surface area contributed by atoms with Crippen molar-refractivity contribution >= 4 is 0 Å². The molecule has 2 heteroatoms. The number of rotatable bonds is 3. The maximum absolute atomic E-state index is 3.42. The van der Waals surface area contributed by atoms with Crippen molar-refractivity contribution in [1.29, 1.82) is 0 Å². The lowest BCUT2D eigenvalue weighted by Gasteiger charge is -1.93. The Kier molecular flexibility index (Phi) is 4.41. The summed E-state index contributed by atoms with van der Waals surface area (Å²) in [4.78, 5) is 0. The first-order chi connectivity index (χ1) is 3.41. The Morgan fingerprint density at radius 3 is 2.57 bits per heavy atom. The van der Waals surface area contributed by atoms with Crippen LogP contribution in [0.25, 0.3) is 0 Å². The van der Waals surface area contributed by atoms with E-state index in [-0.39, 0.29) is 0 Å². The van der Waals surface area contributed by atoms with E-state index in [1.165, 1.54) is 0 Å². The van der Waals surface area contributed by atoms with Gasteiger partial charge in [-0.1, -0.05) is 12.7 Å². The Morgan fingerprint density at radius 1 is 1.43 bits per heavy atom. The van der Waals surface area contributed by atoms with Gasteiger partial charge in [0.05, 0.1) is 0 Å². The molecule has 0 rings (SSSR count). The molecule has 0 saturated heterocycles. The van der Waals surface area contributed by atoms with Gasteiger partial charge in [-0.2, -0.15) is 0 Å². The van der Waals surface area contributed by atoms with Gasteiger partial charge in [0.2, 0.25) is 0 Å². The molecule has 0 aromatic carbocycles. The molecule has 2 N–H and O–H groups in total. The molecule has 0 saturated carbocycles. The zero-order valence-corrected chi connectivity index (χ0v) is 4.44. The van der Waals surface area contributed by atoms with Crippen LogP contribution in [0.1, 0.15) is 6.92 Å². The van der Waals surface area contributed by atoms with E-state index in [1.54, 1.807) is 12.4 Å². The Bertz CT molecular complexity index is 66.5. The van der Waals surface area contributed by atoms with Crippen molar-refractivity contribution in [2.24, 2.45) is 0 Å². The molecule has 0 aliphatic rings. The first kappa shape index (κ1) is 6.08. The van der Waals surface area contributed by atoms with Crippen molar-refractivity contribution in [3.63, 3.8) is 0 Å². The first-order valence-electron chi connectivity index (χ1n) is 2.15. The summed E-state index contributed by atoms with van der Waals surface area (Å²) in [7, 11) is 0. The monoisotopic (exact) mass is 98.1 g/mol. The van der Waals surface area contributed by atoms with Gasteiger partial charge in [-0.25, -0.2) is 0 Å². The lowest BCUT2D eigenvalue weighted by atomic mass is 10.7. The summed E-state index contributed by atoms with van der Waals surface area (Å²) in [6, 6.07) is 0.